The lowest BCUT2D eigenvalue weighted by atomic mass is 10.1. The predicted molar refractivity (Wildman–Crippen MR) is 103 cm³/mol. The minimum absolute atomic E-state index is 0.0304. The van der Waals surface area contributed by atoms with Gasteiger partial charge >= 0.3 is 5.97 Å². The average Bonchev–Trinajstić information content (AvgIpc) is 3.45. The first kappa shape index (κ1) is 20.0. The number of anilines is 1. The first-order chi connectivity index (χ1) is 14.3. The number of benzene rings is 1. The highest BCUT2D eigenvalue weighted by Crippen LogP contribution is 2.37. The summed E-state index contributed by atoms with van der Waals surface area (Å²) in [4.78, 5) is 51.9. The molecular formula is C20H23N3O7. The molecule has 0 radical (unpaired) electrons. The van der Waals surface area contributed by atoms with E-state index in [0.717, 1.165) is 0 Å². The Balaban J connectivity index is 1.38. The number of hydrogen-bond acceptors (Lipinski definition) is 6. The lowest BCUT2D eigenvalue weighted by molar-refractivity contribution is -0.149. The number of nitrogens with zero attached hydrogens (tertiary/aromatic N) is 2. The molecule has 2 N–H and O–H groups in total. The molecule has 1 aromatic carbocycles. The fraction of sp³-hybridized carbons (Fsp3) is 0.500. The molecule has 1 aromatic rings. The van der Waals surface area contributed by atoms with Crippen LogP contribution in [-0.2, 0) is 19.2 Å². The van der Waals surface area contributed by atoms with Crippen LogP contribution in [0.3, 0.4) is 0 Å². The number of carboxylic acid groups (broad SMARTS) is 1. The molecule has 3 amide bonds. The Morgan fingerprint density at radius 1 is 1.23 bits per heavy atom. The van der Waals surface area contributed by atoms with Crippen LogP contribution in [0.15, 0.2) is 18.2 Å². The summed E-state index contributed by atoms with van der Waals surface area (Å²) in [5.74, 6) is -1.52. The molecule has 3 unspecified atom stereocenters. The number of carbonyl (C=O) groups is 4. The van der Waals surface area contributed by atoms with Gasteiger partial charge in [-0.05, 0) is 31.9 Å². The van der Waals surface area contributed by atoms with Crippen molar-refractivity contribution in [3.05, 3.63) is 18.2 Å². The molecule has 10 nitrogen and oxygen atoms in total. The molecule has 2 fully saturated rings. The zero-order valence-corrected chi connectivity index (χ0v) is 16.5. The Bertz CT molecular complexity index is 902. The van der Waals surface area contributed by atoms with Gasteiger partial charge in [0.25, 0.3) is 0 Å². The topological polar surface area (TPSA) is 125 Å². The van der Waals surface area contributed by atoms with E-state index in [-0.39, 0.29) is 25.7 Å². The van der Waals surface area contributed by atoms with Crippen LogP contribution in [0, 0.1) is 5.92 Å². The minimum atomic E-state index is -1.04. The summed E-state index contributed by atoms with van der Waals surface area (Å²) < 4.78 is 10.6. The molecule has 3 aliphatic heterocycles. The van der Waals surface area contributed by atoms with Crippen LogP contribution < -0.4 is 19.7 Å². The Labute approximate surface area is 172 Å². The van der Waals surface area contributed by atoms with Crippen LogP contribution in [0.5, 0.6) is 11.5 Å². The van der Waals surface area contributed by atoms with E-state index in [0.29, 0.717) is 36.6 Å². The number of amides is 3. The quantitative estimate of drug-likeness (QED) is 0.708. The molecule has 3 heterocycles. The van der Waals surface area contributed by atoms with Crippen molar-refractivity contribution in [1.29, 1.82) is 0 Å². The third-order valence-electron chi connectivity index (χ3n) is 5.71. The Kier molecular flexibility index (Phi) is 5.23. The monoisotopic (exact) mass is 417 g/mol. The molecule has 160 valence electrons. The molecular weight excluding hydrogens is 394 g/mol. The molecule has 3 atom stereocenters. The second-order valence-corrected chi connectivity index (χ2v) is 7.70. The third-order valence-corrected chi connectivity index (χ3v) is 5.71. The van der Waals surface area contributed by atoms with Gasteiger partial charge in [-0.3, -0.25) is 14.4 Å². The number of nitrogens with one attached hydrogen (secondary N) is 1. The second kappa shape index (κ2) is 7.85. The normalized spacial score (nSPS) is 23.6. The van der Waals surface area contributed by atoms with E-state index in [2.05, 4.69) is 5.32 Å². The van der Waals surface area contributed by atoms with Gasteiger partial charge in [0.1, 0.15) is 12.1 Å². The lowest BCUT2D eigenvalue weighted by Gasteiger charge is -2.26. The SMILES string of the molecule is CC(NC(=O)C1CC(=O)N(c2ccc3c(c2)OCO3)C1)C(=O)N1CCCC1C(=O)O. The Morgan fingerprint density at radius 3 is 2.77 bits per heavy atom. The standard InChI is InChI=1S/C20H23N3O7/c1-11(19(26)22-6-2-3-14(22)20(27)28)21-18(25)12-7-17(24)23(9-12)13-4-5-15-16(8-13)30-10-29-15/h4-5,8,11-12,14H,2-3,6-7,9-10H2,1H3,(H,21,25)(H,27,28). The smallest absolute Gasteiger partial charge is 0.326 e. The summed E-state index contributed by atoms with van der Waals surface area (Å²) >= 11 is 0. The summed E-state index contributed by atoms with van der Waals surface area (Å²) in [6.07, 6.45) is 1.05. The maximum absolute atomic E-state index is 12.7. The fourth-order valence-electron chi connectivity index (χ4n) is 4.11. The maximum Gasteiger partial charge on any atom is 0.326 e. The minimum Gasteiger partial charge on any atom is -0.480 e. The van der Waals surface area contributed by atoms with Crippen LogP contribution in [0.4, 0.5) is 5.69 Å². The van der Waals surface area contributed by atoms with Gasteiger partial charge in [0, 0.05) is 31.3 Å². The fourth-order valence-corrected chi connectivity index (χ4v) is 4.11. The number of carbonyl (C=O) groups excluding carboxylic acids is 3. The van der Waals surface area contributed by atoms with Gasteiger partial charge < -0.3 is 29.7 Å². The first-order valence-corrected chi connectivity index (χ1v) is 9.89. The highest BCUT2D eigenvalue weighted by atomic mass is 16.7. The van der Waals surface area contributed by atoms with E-state index < -0.39 is 35.8 Å². The second-order valence-electron chi connectivity index (χ2n) is 7.70. The van der Waals surface area contributed by atoms with Gasteiger partial charge in [-0.15, -0.1) is 0 Å². The molecule has 0 bridgehead atoms. The van der Waals surface area contributed by atoms with Gasteiger partial charge in [0.05, 0.1) is 5.92 Å². The number of fused-ring (bicyclic) bond motifs is 1. The van der Waals surface area contributed by atoms with Crippen LogP contribution in [0.2, 0.25) is 0 Å². The zero-order valence-electron chi connectivity index (χ0n) is 16.5. The van der Waals surface area contributed by atoms with Crippen molar-refractivity contribution >= 4 is 29.4 Å². The lowest BCUT2D eigenvalue weighted by Crippen LogP contribution is -2.51. The van der Waals surface area contributed by atoms with Gasteiger partial charge in [0.15, 0.2) is 11.5 Å². The van der Waals surface area contributed by atoms with Crippen LogP contribution in [0.1, 0.15) is 26.2 Å². The van der Waals surface area contributed by atoms with Crippen molar-refractivity contribution in [3.63, 3.8) is 0 Å². The third kappa shape index (κ3) is 3.64. The van der Waals surface area contributed by atoms with Gasteiger partial charge in [-0.2, -0.15) is 0 Å². The summed E-state index contributed by atoms with van der Waals surface area (Å²) in [6.45, 7) is 2.20. The summed E-state index contributed by atoms with van der Waals surface area (Å²) in [5, 5.41) is 11.9. The number of ether oxygens (including phenoxy) is 2. The van der Waals surface area contributed by atoms with Crippen LogP contribution in [-0.4, -0.2) is 65.7 Å². The van der Waals surface area contributed by atoms with E-state index in [9.17, 15) is 24.3 Å². The number of hydrogen-bond donors (Lipinski definition) is 2. The van der Waals surface area contributed by atoms with Gasteiger partial charge in [0.2, 0.25) is 24.5 Å². The van der Waals surface area contributed by atoms with E-state index in [1.165, 1.54) is 16.7 Å². The predicted octanol–water partition coefficient (Wildman–Crippen LogP) is 0.349. The molecule has 0 spiro atoms. The number of rotatable bonds is 5. The van der Waals surface area contributed by atoms with Crippen molar-refractivity contribution in [2.24, 2.45) is 5.92 Å². The maximum atomic E-state index is 12.7. The van der Waals surface area contributed by atoms with E-state index in [1.807, 2.05) is 0 Å². The Morgan fingerprint density at radius 2 is 2.00 bits per heavy atom. The molecule has 10 heteroatoms. The van der Waals surface area contributed by atoms with Crippen molar-refractivity contribution < 1.29 is 33.8 Å². The molecule has 0 aromatic heterocycles. The van der Waals surface area contributed by atoms with E-state index in [4.69, 9.17) is 9.47 Å². The largest absolute Gasteiger partial charge is 0.480 e. The Hall–Kier alpha value is -3.30. The molecule has 0 saturated carbocycles. The van der Waals surface area contributed by atoms with Gasteiger partial charge in [-0.1, -0.05) is 0 Å². The first-order valence-electron chi connectivity index (χ1n) is 9.89. The molecule has 4 rings (SSSR count). The van der Waals surface area contributed by atoms with Crippen molar-refractivity contribution in [2.75, 3.05) is 24.8 Å². The highest BCUT2D eigenvalue weighted by Gasteiger charge is 2.39. The zero-order chi connectivity index (χ0) is 21.4. The van der Waals surface area contributed by atoms with Gasteiger partial charge in [-0.25, -0.2) is 4.79 Å². The van der Waals surface area contributed by atoms with E-state index >= 15 is 0 Å². The molecule has 3 aliphatic rings. The average molecular weight is 417 g/mol. The van der Waals surface area contributed by atoms with Crippen LogP contribution in [0.25, 0.3) is 0 Å². The molecule has 0 aliphatic carbocycles. The van der Waals surface area contributed by atoms with E-state index in [1.54, 1.807) is 18.2 Å². The molecule has 2 saturated heterocycles. The highest BCUT2D eigenvalue weighted by molar-refractivity contribution is 6.01. The summed E-state index contributed by atoms with van der Waals surface area (Å²) in [5.41, 5.74) is 0.616. The number of aliphatic carboxylic acids is 1. The van der Waals surface area contributed by atoms with Crippen LogP contribution >= 0.6 is 0 Å². The number of likely N-dealkylation sites (tertiary alicyclic amines) is 1. The van der Waals surface area contributed by atoms with Crippen molar-refractivity contribution in [3.8, 4) is 11.5 Å². The summed E-state index contributed by atoms with van der Waals surface area (Å²) in [7, 11) is 0. The number of carboxylic acids is 1. The molecule has 30 heavy (non-hydrogen) atoms. The summed E-state index contributed by atoms with van der Waals surface area (Å²) in [6, 6.07) is 3.43. The van der Waals surface area contributed by atoms with Crippen molar-refractivity contribution in [1.82, 2.24) is 10.2 Å². The van der Waals surface area contributed by atoms with Crippen molar-refractivity contribution in [2.45, 2.75) is 38.3 Å².